The first kappa shape index (κ1) is 18.3. The number of hydrogen-bond acceptors (Lipinski definition) is 4. The quantitative estimate of drug-likeness (QED) is 0.865. The molecule has 0 aliphatic carbocycles. The Kier molecular flexibility index (Phi) is 5.22. The predicted molar refractivity (Wildman–Crippen MR) is 87.6 cm³/mol. The van der Waals surface area contributed by atoms with Crippen LogP contribution in [-0.2, 0) is 0 Å². The van der Waals surface area contributed by atoms with Crippen molar-refractivity contribution in [3.8, 4) is 11.6 Å². The molecule has 0 saturated carbocycles. The molecular formula is C17H14ClF3N2O3. The van der Waals surface area contributed by atoms with Gasteiger partial charge >= 0.3 is 6.18 Å². The van der Waals surface area contributed by atoms with Crippen molar-refractivity contribution in [3.05, 3.63) is 52.7 Å². The number of pyridine rings is 1. The molecule has 2 heterocycles. The second kappa shape index (κ2) is 7.41. The van der Waals surface area contributed by atoms with Crippen LogP contribution in [0.15, 0.2) is 36.5 Å². The molecule has 1 aromatic carbocycles. The smallest absolute Gasteiger partial charge is 0.422 e. The second-order valence-corrected chi connectivity index (χ2v) is 6.02. The molecule has 1 aliphatic heterocycles. The molecule has 1 amide bonds. The maximum absolute atomic E-state index is 12.4. The zero-order valence-corrected chi connectivity index (χ0v) is 14.1. The minimum absolute atomic E-state index is 0.123. The van der Waals surface area contributed by atoms with Crippen LogP contribution in [0.5, 0.6) is 11.6 Å². The first-order valence-corrected chi connectivity index (χ1v) is 8.09. The third-order valence-electron chi connectivity index (χ3n) is 3.71. The van der Waals surface area contributed by atoms with E-state index in [4.69, 9.17) is 16.3 Å². The number of alkyl halides is 3. The number of carbonyl (C=O) groups excluding carboxylic acids is 1. The maximum Gasteiger partial charge on any atom is 0.422 e. The van der Waals surface area contributed by atoms with Gasteiger partial charge in [0.15, 0.2) is 6.61 Å². The van der Waals surface area contributed by atoms with E-state index < -0.39 is 18.7 Å². The molecule has 1 unspecified atom stereocenters. The van der Waals surface area contributed by atoms with Crippen LogP contribution in [0, 0.1) is 0 Å². The molecule has 0 bridgehead atoms. The van der Waals surface area contributed by atoms with Crippen LogP contribution in [0.4, 0.5) is 13.2 Å². The van der Waals surface area contributed by atoms with E-state index in [1.165, 1.54) is 6.07 Å². The van der Waals surface area contributed by atoms with Crippen molar-refractivity contribution in [2.45, 2.75) is 18.6 Å². The van der Waals surface area contributed by atoms with Gasteiger partial charge in [0.25, 0.3) is 5.91 Å². The molecule has 1 aliphatic rings. The summed E-state index contributed by atoms with van der Waals surface area (Å²) in [7, 11) is 0. The number of ether oxygens (including phenoxy) is 2. The van der Waals surface area contributed by atoms with Gasteiger partial charge in [0, 0.05) is 18.2 Å². The number of fused-ring (bicyclic) bond motifs is 1. The minimum atomic E-state index is -4.50. The normalized spacial score (nSPS) is 16.4. The molecular weight excluding hydrogens is 373 g/mol. The van der Waals surface area contributed by atoms with Crippen molar-refractivity contribution >= 4 is 17.5 Å². The molecule has 0 radical (unpaired) electrons. The van der Waals surface area contributed by atoms with E-state index in [2.05, 4.69) is 15.0 Å². The van der Waals surface area contributed by atoms with Crippen molar-refractivity contribution in [1.29, 1.82) is 0 Å². The van der Waals surface area contributed by atoms with Crippen LogP contribution in [0.1, 0.15) is 28.4 Å². The lowest BCUT2D eigenvalue weighted by Gasteiger charge is -2.26. The summed E-state index contributed by atoms with van der Waals surface area (Å²) in [6, 6.07) is 8.34. The van der Waals surface area contributed by atoms with Crippen LogP contribution in [0.2, 0.25) is 5.02 Å². The molecule has 5 nitrogen and oxygen atoms in total. The number of aromatic nitrogens is 1. The Morgan fingerprint density at radius 1 is 1.38 bits per heavy atom. The van der Waals surface area contributed by atoms with E-state index >= 15 is 0 Å². The monoisotopic (exact) mass is 386 g/mol. The SMILES string of the molecule is O=C(NC1CCOc2ccccc21)c1cnc(OCC(F)(F)F)c(Cl)c1. The lowest BCUT2D eigenvalue weighted by molar-refractivity contribution is -0.154. The molecule has 2 aromatic rings. The summed E-state index contributed by atoms with van der Waals surface area (Å²) in [5.74, 6) is -0.114. The maximum atomic E-state index is 12.4. The van der Waals surface area contributed by atoms with E-state index in [9.17, 15) is 18.0 Å². The van der Waals surface area contributed by atoms with Crippen LogP contribution >= 0.6 is 11.6 Å². The predicted octanol–water partition coefficient (Wildman–Crippen LogP) is 3.93. The van der Waals surface area contributed by atoms with Gasteiger partial charge in [-0.25, -0.2) is 4.98 Å². The summed E-state index contributed by atoms with van der Waals surface area (Å²) in [4.78, 5) is 16.1. The number of amides is 1. The van der Waals surface area contributed by atoms with Crippen molar-refractivity contribution in [2.75, 3.05) is 13.2 Å². The summed E-state index contributed by atoms with van der Waals surface area (Å²) >= 11 is 5.87. The van der Waals surface area contributed by atoms with Crippen molar-refractivity contribution < 1.29 is 27.4 Å². The summed E-state index contributed by atoms with van der Waals surface area (Å²) in [6.45, 7) is -1.05. The van der Waals surface area contributed by atoms with Gasteiger partial charge in [-0.2, -0.15) is 13.2 Å². The molecule has 1 aromatic heterocycles. The Hall–Kier alpha value is -2.48. The molecule has 0 saturated heterocycles. The Morgan fingerprint density at radius 3 is 2.88 bits per heavy atom. The number of halogens is 4. The topological polar surface area (TPSA) is 60.5 Å². The number of rotatable bonds is 4. The lowest BCUT2D eigenvalue weighted by Crippen LogP contribution is -2.32. The van der Waals surface area contributed by atoms with Crippen LogP contribution < -0.4 is 14.8 Å². The van der Waals surface area contributed by atoms with Gasteiger partial charge in [0.1, 0.15) is 10.8 Å². The van der Waals surface area contributed by atoms with E-state index in [1.807, 2.05) is 24.3 Å². The number of nitrogens with one attached hydrogen (secondary N) is 1. The largest absolute Gasteiger partial charge is 0.493 e. The van der Waals surface area contributed by atoms with E-state index in [0.29, 0.717) is 18.8 Å². The fourth-order valence-corrected chi connectivity index (χ4v) is 2.76. The molecule has 3 rings (SSSR count). The van der Waals surface area contributed by atoms with Crippen molar-refractivity contribution in [1.82, 2.24) is 10.3 Å². The van der Waals surface area contributed by atoms with E-state index in [-0.39, 0.29) is 22.5 Å². The third-order valence-corrected chi connectivity index (χ3v) is 3.98. The van der Waals surface area contributed by atoms with Gasteiger partial charge in [-0.1, -0.05) is 29.8 Å². The summed E-state index contributed by atoms with van der Waals surface area (Å²) in [5.41, 5.74) is 0.981. The van der Waals surface area contributed by atoms with Crippen molar-refractivity contribution in [2.24, 2.45) is 0 Å². The standard InChI is InChI=1S/C17H14ClF3N2O3/c18-12-7-10(8-22-16(12)26-9-17(19,20)21)15(24)23-13-5-6-25-14-4-2-1-3-11(13)14/h1-4,7-8,13H,5-6,9H2,(H,23,24). The Bertz CT molecular complexity index is 814. The van der Waals surface area contributed by atoms with Gasteiger partial charge in [-0.3, -0.25) is 4.79 Å². The van der Waals surface area contributed by atoms with Gasteiger partial charge in [-0.15, -0.1) is 0 Å². The summed E-state index contributed by atoms with van der Waals surface area (Å²) in [6.07, 6.45) is -2.79. The average Bonchev–Trinajstić information content (AvgIpc) is 2.60. The molecule has 1 N–H and O–H groups in total. The number of nitrogens with zero attached hydrogens (tertiary/aromatic N) is 1. The Morgan fingerprint density at radius 2 is 2.15 bits per heavy atom. The van der Waals surface area contributed by atoms with E-state index in [0.717, 1.165) is 11.8 Å². The van der Waals surface area contributed by atoms with Crippen LogP contribution in [0.3, 0.4) is 0 Å². The molecule has 0 fully saturated rings. The highest BCUT2D eigenvalue weighted by Gasteiger charge is 2.29. The zero-order valence-electron chi connectivity index (χ0n) is 13.3. The van der Waals surface area contributed by atoms with Crippen LogP contribution in [0.25, 0.3) is 0 Å². The second-order valence-electron chi connectivity index (χ2n) is 5.62. The zero-order chi connectivity index (χ0) is 18.7. The summed E-state index contributed by atoms with van der Waals surface area (Å²) < 4.78 is 46.6. The first-order chi connectivity index (χ1) is 12.3. The highest BCUT2D eigenvalue weighted by molar-refractivity contribution is 6.32. The van der Waals surface area contributed by atoms with Gasteiger partial charge in [0.2, 0.25) is 5.88 Å². The van der Waals surface area contributed by atoms with E-state index in [1.54, 1.807) is 0 Å². The highest BCUT2D eigenvalue weighted by Crippen LogP contribution is 2.32. The minimum Gasteiger partial charge on any atom is -0.493 e. The Balaban J connectivity index is 1.70. The van der Waals surface area contributed by atoms with Gasteiger partial charge < -0.3 is 14.8 Å². The van der Waals surface area contributed by atoms with Crippen molar-refractivity contribution in [3.63, 3.8) is 0 Å². The Labute approximate surface area is 152 Å². The third kappa shape index (κ3) is 4.37. The fraction of sp³-hybridized carbons (Fsp3) is 0.294. The highest BCUT2D eigenvalue weighted by atomic mass is 35.5. The number of benzene rings is 1. The average molecular weight is 387 g/mol. The number of carbonyl (C=O) groups is 1. The lowest BCUT2D eigenvalue weighted by atomic mass is 10.0. The number of para-hydroxylation sites is 1. The van der Waals surface area contributed by atoms with Gasteiger partial charge in [0.05, 0.1) is 18.2 Å². The fourth-order valence-electron chi connectivity index (χ4n) is 2.54. The molecule has 1 atom stereocenters. The summed E-state index contributed by atoms with van der Waals surface area (Å²) in [5, 5.41) is 2.68. The first-order valence-electron chi connectivity index (χ1n) is 7.71. The molecule has 0 spiro atoms. The van der Waals surface area contributed by atoms with Crippen LogP contribution in [-0.4, -0.2) is 30.3 Å². The molecule has 138 valence electrons. The number of hydrogen-bond donors (Lipinski definition) is 1. The molecule has 9 heteroatoms. The molecule has 26 heavy (non-hydrogen) atoms. The van der Waals surface area contributed by atoms with Gasteiger partial charge in [-0.05, 0) is 12.1 Å².